The molecule has 1 aliphatic heterocycles. The maximum atomic E-state index is 12.3. The van der Waals surface area contributed by atoms with E-state index in [1.807, 2.05) is 24.0 Å². The number of aliphatic hydroxyl groups is 1. The predicted octanol–water partition coefficient (Wildman–Crippen LogP) is 0.153. The van der Waals surface area contributed by atoms with E-state index in [4.69, 9.17) is 0 Å². The first-order valence-corrected chi connectivity index (χ1v) is 6.26. The van der Waals surface area contributed by atoms with Crippen molar-refractivity contribution in [2.45, 2.75) is 32.0 Å². The number of hydrogen-bond acceptors (Lipinski definition) is 4. The lowest BCUT2D eigenvalue weighted by atomic mass is 10.1. The minimum atomic E-state index is -0.475. The Morgan fingerprint density at radius 3 is 2.89 bits per heavy atom. The van der Waals surface area contributed by atoms with Crippen LogP contribution in [0.5, 0.6) is 0 Å². The average Bonchev–Trinajstić information content (AvgIpc) is 2.53. The predicted molar refractivity (Wildman–Crippen MR) is 67.7 cm³/mol. The van der Waals surface area contributed by atoms with Crippen LogP contribution in [-0.2, 0) is 11.3 Å². The van der Waals surface area contributed by atoms with Gasteiger partial charge < -0.3 is 15.3 Å². The number of aliphatic hydroxyl groups excluding tert-OH is 1. The number of nitrogens with one attached hydrogen (secondary N) is 1. The number of nitrogens with zero attached hydrogens (tertiary/aromatic N) is 2. The minimum absolute atomic E-state index is 0.0284. The normalized spacial score (nSPS) is 25.0. The molecule has 0 saturated carbocycles. The quantitative estimate of drug-likeness (QED) is 0.800. The third-order valence-electron chi connectivity index (χ3n) is 3.35. The fourth-order valence-electron chi connectivity index (χ4n) is 2.19. The van der Waals surface area contributed by atoms with E-state index in [-0.39, 0.29) is 18.6 Å². The van der Waals surface area contributed by atoms with Gasteiger partial charge in [0.2, 0.25) is 5.91 Å². The molecule has 2 N–H and O–H groups in total. The molecule has 18 heavy (non-hydrogen) atoms. The van der Waals surface area contributed by atoms with Crippen molar-refractivity contribution in [1.29, 1.82) is 0 Å². The second kappa shape index (κ2) is 5.93. The molecule has 2 atom stereocenters. The molecular formula is C13H19N3O2. The molecule has 1 aromatic heterocycles. The molecule has 5 nitrogen and oxygen atoms in total. The molecule has 1 aliphatic rings. The second-order valence-corrected chi connectivity index (χ2v) is 4.65. The Morgan fingerprint density at radius 1 is 1.50 bits per heavy atom. The van der Waals surface area contributed by atoms with Gasteiger partial charge in [0.05, 0.1) is 6.61 Å². The summed E-state index contributed by atoms with van der Waals surface area (Å²) in [6.07, 6.45) is 4.35. The molecule has 1 saturated heterocycles. The Balaban J connectivity index is 2.14. The van der Waals surface area contributed by atoms with Crippen molar-refractivity contribution in [3.8, 4) is 0 Å². The zero-order valence-corrected chi connectivity index (χ0v) is 10.5. The van der Waals surface area contributed by atoms with Gasteiger partial charge in [0.15, 0.2) is 0 Å². The van der Waals surface area contributed by atoms with Crippen LogP contribution in [0.2, 0.25) is 0 Å². The number of hydrogen-bond donors (Lipinski definition) is 2. The third-order valence-corrected chi connectivity index (χ3v) is 3.35. The molecular weight excluding hydrogens is 230 g/mol. The zero-order chi connectivity index (χ0) is 13.0. The van der Waals surface area contributed by atoms with Crippen LogP contribution in [0.25, 0.3) is 0 Å². The Labute approximate surface area is 107 Å². The number of rotatable bonds is 3. The summed E-state index contributed by atoms with van der Waals surface area (Å²) in [7, 11) is 0. The topological polar surface area (TPSA) is 65.5 Å². The Morgan fingerprint density at radius 2 is 2.22 bits per heavy atom. The summed E-state index contributed by atoms with van der Waals surface area (Å²) in [6, 6.07) is 3.52. The molecule has 1 aromatic rings. The van der Waals surface area contributed by atoms with Gasteiger partial charge in [0.25, 0.3) is 0 Å². The Bertz CT molecular complexity index is 396. The number of amides is 1. The summed E-state index contributed by atoms with van der Waals surface area (Å²) < 4.78 is 0. The van der Waals surface area contributed by atoms with E-state index in [0.717, 1.165) is 18.5 Å². The zero-order valence-electron chi connectivity index (χ0n) is 10.5. The van der Waals surface area contributed by atoms with Gasteiger partial charge in [-0.2, -0.15) is 0 Å². The highest BCUT2D eigenvalue weighted by molar-refractivity contribution is 5.82. The van der Waals surface area contributed by atoms with E-state index < -0.39 is 6.04 Å². The maximum Gasteiger partial charge on any atom is 0.242 e. The van der Waals surface area contributed by atoms with E-state index in [1.165, 1.54) is 0 Å². The SMILES string of the molecule is CC1CCNC(CO)C(=O)N1Cc1ccncc1. The molecule has 0 bridgehead atoms. The van der Waals surface area contributed by atoms with Gasteiger partial charge in [0, 0.05) is 25.0 Å². The smallest absolute Gasteiger partial charge is 0.242 e. The molecule has 0 aromatic carbocycles. The molecule has 2 unspecified atom stereocenters. The van der Waals surface area contributed by atoms with Gasteiger partial charge in [0.1, 0.15) is 6.04 Å². The van der Waals surface area contributed by atoms with Crippen LogP contribution < -0.4 is 5.32 Å². The van der Waals surface area contributed by atoms with Crippen LogP contribution in [0.3, 0.4) is 0 Å². The molecule has 98 valence electrons. The standard InChI is InChI=1S/C13H19N3O2/c1-10-2-7-15-12(9-17)13(18)16(10)8-11-3-5-14-6-4-11/h3-6,10,12,15,17H,2,7-9H2,1H3. The lowest BCUT2D eigenvalue weighted by Crippen LogP contribution is -2.47. The first-order chi connectivity index (χ1) is 8.72. The van der Waals surface area contributed by atoms with Gasteiger partial charge in [-0.3, -0.25) is 9.78 Å². The number of carbonyl (C=O) groups is 1. The summed E-state index contributed by atoms with van der Waals surface area (Å²) in [5.74, 6) is -0.0284. The molecule has 1 amide bonds. The molecule has 0 aliphatic carbocycles. The highest BCUT2D eigenvalue weighted by Crippen LogP contribution is 2.14. The minimum Gasteiger partial charge on any atom is -0.394 e. The van der Waals surface area contributed by atoms with E-state index in [0.29, 0.717) is 6.54 Å². The average molecular weight is 249 g/mol. The van der Waals surface area contributed by atoms with Gasteiger partial charge in [-0.25, -0.2) is 0 Å². The van der Waals surface area contributed by atoms with Crippen molar-refractivity contribution in [3.63, 3.8) is 0 Å². The first-order valence-electron chi connectivity index (χ1n) is 6.26. The third kappa shape index (κ3) is 2.86. The van der Waals surface area contributed by atoms with Gasteiger partial charge in [-0.15, -0.1) is 0 Å². The number of carbonyl (C=O) groups excluding carboxylic acids is 1. The monoisotopic (exact) mass is 249 g/mol. The van der Waals surface area contributed by atoms with Crippen molar-refractivity contribution >= 4 is 5.91 Å². The van der Waals surface area contributed by atoms with Gasteiger partial charge in [-0.1, -0.05) is 0 Å². The van der Waals surface area contributed by atoms with E-state index >= 15 is 0 Å². The van der Waals surface area contributed by atoms with Crippen LogP contribution in [0.15, 0.2) is 24.5 Å². The fraction of sp³-hybridized carbons (Fsp3) is 0.538. The second-order valence-electron chi connectivity index (χ2n) is 4.65. The van der Waals surface area contributed by atoms with E-state index in [9.17, 15) is 9.90 Å². The number of pyridine rings is 1. The van der Waals surface area contributed by atoms with Crippen LogP contribution in [0.1, 0.15) is 18.9 Å². The molecule has 0 spiro atoms. The Kier molecular flexibility index (Phi) is 4.28. The lowest BCUT2D eigenvalue weighted by Gasteiger charge is -2.28. The van der Waals surface area contributed by atoms with Crippen molar-refractivity contribution in [2.75, 3.05) is 13.2 Å². The number of aromatic nitrogens is 1. The maximum absolute atomic E-state index is 12.3. The van der Waals surface area contributed by atoms with Gasteiger partial charge in [-0.05, 0) is 37.6 Å². The van der Waals surface area contributed by atoms with Crippen LogP contribution >= 0.6 is 0 Å². The van der Waals surface area contributed by atoms with Crippen molar-refractivity contribution in [2.24, 2.45) is 0 Å². The highest BCUT2D eigenvalue weighted by Gasteiger charge is 2.29. The summed E-state index contributed by atoms with van der Waals surface area (Å²) in [5.41, 5.74) is 1.06. The van der Waals surface area contributed by atoms with Crippen molar-refractivity contribution < 1.29 is 9.90 Å². The lowest BCUT2D eigenvalue weighted by molar-refractivity contribution is -0.136. The fourth-order valence-corrected chi connectivity index (χ4v) is 2.19. The first kappa shape index (κ1) is 13.0. The molecule has 1 fully saturated rings. The van der Waals surface area contributed by atoms with Crippen LogP contribution in [0.4, 0.5) is 0 Å². The van der Waals surface area contributed by atoms with Crippen molar-refractivity contribution in [1.82, 2.24) is 15.2 Å². The van der Waals surface area contributed by atoms with Crippen LogP contribution in [0, 0.1) is 0 Å². The van der Waals surface area contributed by atoms with Gasteiger partial charge >= 0.3 is 0 Å². The summed E-state index contributed by atoms with van der Waals surface area (Å²) in [4.78, 5) is 18.1. The molecule has 2 rings (SSSR count). The molecule has 0 radical (unpaired) electrons. The summed E-state index contributed by atoms with van der Waals surface area (Å²) >= 11 is 0. The summed E-state index contributed by atoms with van der Waals surface area (Å²) in [6.45, 7) is 3.21. The van der Waals surface area contributed by atoms with E-state index in [1.54, 1.807) is 12.4 Å². The largest absolute Gasteiger partial charge is 0.394 e. The van der Waals surface area contributed by atoms with Crippen LogP contribution in [-0.4, -0.2) is 46.1 Å². The molecule has 5 heteroatoms. The van der Waals surface area contributed by atoms with E-state index in [2.05, 4.69) is 10.3 Å². The Hall–Kier alpha value is -1.46. The highest BCUT2D eigenvalue weighted by atomic mass is 16.3. The van der Waals surface area contributed by atoms with Crippen molar-refractivity contribution in [3.05, 3.63) is 30.1 Å². The molecule has 2 heterocycles. The summed E-state index contributed by atoms with van der Waals surface area (Å²) in [5, 5.41) is 12.3.